The molecule has 110 valence electrons. The van der Waals surface area contributed by atoms with Crippen LogP contribution in [-0.2, 0) is 14.3 Å². The molecule has 0 saturated carbocycles. The molecule has 5 nitrogen and oxygen atoms in total. The van der Waals surface area contributed by atoms with Gasteiger partial charge in [-0.1, -0.05) is 0 Å². The SMILES string of the molecule is C[C@@H]1CN(C(=O)[C@H]2CNCCO2)C[C@@H](c2ccsc2)O1. The molecular weight excluding hydrogens is 276 g/mol. The second-order valence-electron chi connectivity index (χ2n) is 5.30. The highest BCUT2D eigenvalue weighted by molar-refractivity contribution is 7.07. The number of nitrogens with one attached hydrogen (secondary N) is 1. The van der Waals surface area contributed by atoms with E-state index in [0.717, 1.165) is 12.1 Å². The van der Waals surface area contributed by atoms with Crippen molar-refractivity contribution in [3.05, 3.63) is 22.4 Å². The topological polar surface area (TPSA) is 50.8 Å². The molecule has 20 heavy (non-hydrogen) atoms. The fourth-order valence-corrected chi connectivity index (χ4v) is 3.40. The van der Waals surface area contributed by atoms with Gasteiger partial charge in [-0.25, -0.2) is 0 Å². The highest BCUT2D eigenvalue weighted by Gasteiger charge is 2.33. The van der Waals surface area contributed by atoms with Gasteiger partial charge in [0.15, 0.2) is 0 Å². The highest BCUT2D eigenvalue weighted by atomic mass is 32.1. The van der Waals surface area contributed by atoms with Crippen LogP contribution in [0.2, 0.25) is 0 Å². The van der Waals surface area contributed by atoms with Crippen LogP contribution >= 0.6 is 11.3 Å². The Balaban J connectivity index is 1.67. The van der Waals surface area contributed by atoms with Crippen LogP contribution in [0.15, 0.2) is 16.8 Å². The van der Waals surface area contributed by atoms with Gasteiger partial charge in [0.25, 0.3) is 5.91 Å². The Morgan fingerprint density at radius 2 is 2.40 bits per heavy atom. The monoisotopic (exact) mass is 296 g/mol. The minimum Gasteiger partial charge on any atom is -0.367 e. The number of carbonyl (C=O) groups excluding carboxylic acids is 1. The summed E-state index contributed by atoms with van der Waals surface area (Å²) in [6.07, 6.45) is -0.322. The number of hydrogen-bond donors (Lipinski definition) is 1. The number of hydrogen-bond acceptors (Lipinski definition) is 5. The molecule has 0 aliphatic carbocycles. The molecule has 3 rings (SSSR count). The van der Waals surface area contributed by atoms with Crippen LogP contribution < -0.4 is 5.32 Å². The third-order valence-corrected chi connectivity index (χ3v) is 4.39. The van der Waals surface area contributed by atoms with Crippen LogP contribution in [0.4, 0.5) is 0 Å². The molecule has 6 heteroatoms. The van der Waals surface area contributed by atoms with E-state index >= 15 is 0 Å². The van der Waals surface area contributed by atoms with Crippen molar-refractivity contribution in [3.8, 4) is 0 Å². The summed E-state index contributed by atoms with van der Waals surface area (Å²) in [5.74, 6) is 0.0765. The van der Waals surface area contributed by atoms with Gasteiger partial charge in [0, 0.05) is 19.6 Å². The van der Waals surface area contributed by atoms with E-state index in [4.69, 9.17) is 9.47 Å². The zero-order valence-electron chi connectivity index (χ0n) is 11.6. The summed E-state index contributed by atoms with van der Waals surface area (Å²) in [5, 5.41) is 7.33. The molecule has 3 atom stereocenters. The Morgan fingerprint density at radius 1 is 1.50 bits per heavy atom. The Bertz CT molecular complexity index is 445. The second kappa shape index (κ2) is 6.22. The summed E-state index contributed by atoms with van der Waals surface area (Å²) < 4.78 is 11.5. The van der Waals surface area contributed by atoms with Gasteiger partial charge in [0.2, 0.25) is 0 Å². The maximum atomic E-state index is 12.5. The molecule has 0 bridgehead atoms. The average molecular weight is 296 g/mol. The number of thiophene rings is 1. The zero-order chi connectivity index (χ0) is 13.9. The van der Waals surface area contributed by atoms with E-state index in [-0.39, 0.29) is 24.2 Å². The summed E-state index contributed by atoms with van der Waals surface area (Å²) >= 11 is 1.65. The molecule has 0 spiro atoms. The zero-order valence-corrected chi connectivity index (χ0v) is 12.4. The van der Waals surface area contributed by atoms with Gasteiger partial charge in [-0.05, 0) is 29.3 Å². The van der Waals surface area contributed by atoms with Gasteiger partial charge in [0.1, 0.15) is 12.2 Å². The molecule has 1 aromatic rings. The van der Waals surface area contributed by atoms with Crippen molar-refractivity contribution in [1.29, 1.82) is 0 Å². The first kappa shape index (κ1) is 14.0. The van der Waals surface area contributed by atoms with Crippen molar-refractivity contribution in [2.75, 3.05) is 32.8 Å². The van der Waals surface area contributed by atoms with Gasteiger partial charge in [-0.3, -0.25) is 4.79 Å². The first-order valence-electron chi connectivity index (χ1n) is 7.02. The number of nitrogens with zero attached hydrogens (tertiary/aromatic N) is 1. The van der Waals surface area contributed by atoms with Crippen molar-refractivity contribution in [2.24, 2.45) is 0 Å². The van der Waals surface area contributed by atoms with Crippen LogP contribution in [0.5, 0.6) is 0 Å². The molecule has 0 unspecified atom stereocenters. The number of carbonyl (C=O) groups is 1. The molecule has 2 saturated heterocycles. The summed E-state index contributed by atoms with van der Waals surface area (Å²) in [5.41, 5.74) is 1.15. The Kier molecular flexibility index (Phi) is 4.35. The van der Waals surface area contributed by atoms with Crippen LogP contribution in [0, 0.1) is 0 Å². The van der Waals surface area contributed by atoms with E-state index in [2.05, 4.69) is 16.8 Å². The third kappa shape index (κ3) is 3.03. The van der Waals surface area contributed by atoms with Gasteiger partial charge in [-0.2, -0.15) is 11.3 Å². The first-order chi connectivity index (χ1) is 9.74. The van der Waals surface area contributed by atoms with Crippen molar-refractivity contribution < 1.29 is 14.3 Å². The standard InChI is InChI=1S/C14H20N2O3S/c1-10-7-16(14(17)12-6-15-3-4-18-12)8-13(19-10)11-2-5-20-9-11/h2,5,9-10,12-13,15H,3-4,6-8H2,1H3/t10-,12-,13+/m1/s1. The number of amides is 1. The summed E-state index contributed by atoms with van der Waals surface area (Å²) in [7, 11) is 0. The lowest BCUT2D eigenvalue weighted by Gasteiger charge is -2.38. The minimum atomic E-state index is -0.350. The molecule has 3 heterocycles. The lowest BCUT2D eigenvalue weighted by Crippen LogP contribution is -2.54. The van der Waals surface area contributed by atoms with Crippen LogP contribution in [-0.4, -0.2) is 55.8 Å². The lowest BCUT2D eigenvalue weighted by molar-refractivity contribution is -0.157. The van der Waals surface area contributed by atoms with E-state index in [0.29, 0.717) is 26.2 Å². The molecule has 1 N–H and O–H groups in total. The number of rotatable bonds is 2. The second-order valence-corrected chi connectivity index (χ2v) is 6.08. The van der Waals surface area contributed by atoms with E-state index in [1.54, 1.807) is 11.3 Å². The van der Waals surface area contributed by atoms with Crippen molar-refractivity contribution in [1.82, 2.24) is 10.2 Å². The summed E-state index contributed by atoms with van der Waals surface area (Å²) in [6.45, 7) is 5.29. The number of ether oxygens (including phenoxy) is 2. The van der Waals surface area contributed by atoms with Crippen molar-refractivity contribution >= 4 is 17.2 Å². The molecule has 2 aliphatic heterocycles. The Hall–Kier alpha value is -0.950. The van der Waals surface area contributed by atoms with E-state index in [1.807, 2.05) is 17.2 Å². The normalized spacial score (nSPS) is 31.2. The molecule has 0 radical (unpaired) electrons. The summed E-state index contributed by atoms with van der Waals surface area (Å²) in [4.78, 5) is 14.4. The van der Waals surface area contributed by atoms with Gasteiger partial charge in [-0.15, -0.1) is 0 Å². The van der Waals surface area contributed by atoms with E-state index in [1.165, 1.54) is 0 Å². The maximum Gasteiger partial charge on any atom is 0.253 e. The lowest BCUT2D eigenvalue weighted by atomic mass is 10.1. The minimum absolute atomic E-state index is 0.0227. The van der Waals surface area contributed by atoms with Crippen LogP contribution in [0.3, 0.4) is 0 Å². The molecule has 2 aliphatic rings. The molecular formula is C14H20N2O3S. The molecule has 2 fully saturated rings. The van der Waals surface area contributed by atoms with E-state index < -0.39 is 0 Å². The van der Waals surface area contributed by atoms with Gasteiger partial charge < -0.3 is 19.7 Å². The fraction of sp³-hybridized carbons (Fsp3) is 0.643. The van der Waals surface area contributed by atoms with E-state index in [9.17, 15) is 4.79 Å². The van der Waals surface area contributed by atoms with Gasteiger partial charge >= 0.3 is 0 Å². The third-order valence-electron chi connectivity index (χ3n) is 3.69. The fourth-order valence-electron chi connectivity index (χ4n) is 2.70. The van der Waals surface area contributed by atoms with Crippen LogP contribution in [0.25, 0.3) is 0 Å². The highest BCUT2D eigenvalue weighted by Crippen LogP contribution is 2.27. The van der Waals surface area contributed by atoms with Gasteiger partial charge in [0.05, 0.1) is 19.3 Å². The number of morpholine rings is 2. The maximum absolute atomic E-state index is 12.5. The predicted octanol–water partition coefficient (Wildman–Crippen LogP) is 1.02. The molecule has 1 aromatic heterocycles. The largest absolute Gasteiger partial charge is 0.367 e. The Labute approximate surface area is 122 Å². The quantitative estimate of drug-likeness (QED) is 0.885. The summed E-state index contributed by atoms with van der Waals surface area (Å²) in [6, 6.07) is 2.06. The van der Waals surface area contributed by atoms with Crippen LogP contribution in [0.1, 0.15) is 18.6 Å². The van der Waals surface area contributed by atoms with Crippen molar-refractivity contribution in [2.45, 2.75) is 25.2 Å². The predicted molar refractivity (Wildman–Crippen MR) is 76.8 cm³/mol. The Morgan fingerprint density at radius 3 is 3.10 bits per heavy atom. The molecule has 1 amide bonds. The molecule has 0 aromatic carbocycles. The van der Waals surface area contributed by atoms with Crippen molar-refractivity contribution in [3.63, 3.8) is 0 Å². The average Bonchev–Trinajstić information content (AvgIpc) is 3.01. The smallest absolute Gasteiger partial charge is 0.253 e. The first-order valence-corrected chi connectivity index (χ1v) is 7.97.